The van der Waals surface area contributed by atoms with Crippen LogP contribution in [0.25, 0.3) is 0 Å². The van der Waals surface area contributed by atoms with Crippen LogP contribution in [-0.2, 0) is 11.2 Å². The second-order valence-electron chi connectivity index (χ2n) is 3.25. The molecule has 1 aromatic rings. The number of amides is 1. The summed E-state index contributed by atoms with van der Waals surface area (Å²) in [5.74, 6) is 0.105. The molecule has 0 heterocycles. The molecule has 0 atom stereocenters. The van der Waals surface area contributed by atoms with E-state index in [1.54, 1.807) is 11.8 Å². The third-order valence-electron chi connectivity index (χ3n) is 2.36. The van der Waals surface area contributed by atoms with Crippen molar-refractivity contribution in [3.8, 4) is 0 Å². The van der Waals surface area contributed by atoms with Gasteiger partial charge in [-0.15, -0.1) is 0 Å². The molecule has 14 heavy (non-hydrogen) atoms. The van der Waals surface area contributed by atoms with Gasteiger partial charge >= 0.3 is 0 Å². The number of hydrogen-bond donors (Lipinski definition) is 0. The van der Waals surface area contributed by atoms with E-state index in [0.717, 1.165) is 18.7 Å². The van der Waals surface area contributed by atoms with Crippen LogP contribution in [0, 0.1) is 0 Å². The molecule has 1 amide bonds. The number of carbonyl (C=O) groups is 1. The van der Waals surface area contributed by atoms with E-state index in [1.165, 1.54) is 5.56 Å². The highest BCUT2D eigenvalue weighted by molar-refractivity contribution is 5.92. The Hall–Kier alpha value is -1.31. The minimum Gasteiger partial charge on any atom is -0.313 e. The van der Waals surface area contributed by atoms with Crippen molar-refractivity contribution < 1.29 is 4.79 Å². The lowest BCUT2D eigenvalue weighted by atomic mass is 10.1. The number of para-hydroxylation sites is 1. The Labute approximate surface area is 85.5 Å². The summed E-state index contributed by atoms with van der Waals surface area (Å²) in [6.07, 6.45) is 0.958. The van der Waals surface area contributed by atoms with Gasteiger partial charge in [0.25, 0.3) is 0 Å². The van der Waals surface area contributed by atoms with Crippen LogP contribution in [0.4, 0.5) is 5.69 Å². The summed E-state index contributed by atoms with van der Waals surface area (Å²) < 4.78 is 0. The van der Waals surface area contributed by atoms with E-state index in [4.69, 9.17) is 0 Å². The Balaban J connectivity index is 3.08. The summed E-state index contributed by atoms with van der Waals surface area (Å²) in [6.45, 7) is 6.43. The van der Waals surface area contributed by atoms with E-state index in [-0.39, 0.29) is 5.91 Å². The molecule has 0 aromatic heterocycles. The van der Waals surface area contributed by atoms with Crippen LogP contribution in [0.2, 0.25) is 0 Å². The number of nitrogens with zero attached hydrogens (tertiary/aromatic N) is 1. The van der Waals surface area contributed by atoms with Gasteiger partial charge in [0, 0.05) is 19.2 Å². The third kappa shape index (κ3) is 2.13. The van der Waals surface area contributed by atoms with Gasteiger partial charge in [-0.2, -0.15) is 0 Å². The predicted molar refractivity (Wildman–Crippen MR) is 59.5 cm³/mol. The molecule has 0 aliphatic carbocycles. The normalized spacial score (nSPS) is 9.93. The fourth-order valence-electron chi connectivity index (χ4n) is 1.64. The zero-order chi connectivity index (χ0) is 10.6. The van der Waals surface area contributed by atoms with Gasteiger partial charge < -0.3 is 4.90 Å². The maximum atomic E-state index is 11.4. The zero-order valence-electron chi connectivity index (χ0n) is 9.08. The molecule has 0 spiro atoms. The van der Waals surface area contributed by atoms with Crippen molar-refractivity contribution in [2.24, 2.45) is 0 Å². The van der Waals surface area contributed by atoms with Crippen LogP contribution in [0.5, 0.6) is 0 Å². The van der Waals surface area contributed by atoms with E-state index >= 15 is 0 Å². The smallest absolute Gasteiger partial charge is 0.223 e. The first kappa shape index (κ1) is 10.8. The quantitative estimate of drug-likeness (QED) is 0.719. The van der Waals surface area contributed by atoms with Gasteiger partial charge in [-0.25, -0.2) is 0 Å². The van der Waals surface area contributed by atoms with Crippen molar-refractivity contribution >= 4 is 11.6 Å². The molecule has 0 bridgehead atoms. The number of anilines is 1. The fourth-order valence-corrected chi connectivity index (χ4v) is 1.64. The van der Waals surface area contributed by atoms with Crippen LogP contribution in [0.1, 0.15) is 26.3 Å². The Morgan fingerprint density at radius 1 is 1.29 bits per heavy atom. The summed E-state index contributed by atoms with van der Waals surface area (Å²) in [4.78, 5) is 13.2. The summed E-state index contributed by atoms with van der Waals surface area (Å²) in [6, 6.07) is 8.06. The van der Waals surface area contributed by atoms with Crippen molar-refractivity contribution in [2.75, 3.05) is 11.4 Å². The van der Waals surface area contributed by atoms with Gasteiger partial charge in [-0.3, -0.25) is 4.79 Å². The summed E-state index contributed by atoms with van der Waals surface area (Å²) in [5, 5.41) is 0. The summed E-state index contributed by atoms with van der Waals surface area (Å²) in [5.41, 5.74) is 2.27. The van der Waals surface area contributed by atoms with E-state index in [9.17, 15) is 4.79 Å². The molecule has 0 fully saturated rings. The Morgan fingerprint density at radius 3 is 2.43 bits per heavy atom. The molecule has 0 aliphatic rings. The van der Waals surface area contributed by atoms with Crippen LogP contribution in [0.3, 0.4) is 0 Å². The van der Waals surface area contributed by atoms with E-state index < -0.39 is 0 Å². The first-order valence-electron chi connectivity index (χ1n) is 5.06. The molecule has 2 heteroatoms. The van der Waals surface area contributed by atoms with Gasteiger partial charge in [0.1, 0.15) is 0 Å². The minimum atomic E-state index is 0.105. The molecule has 0 unspecified atom stereocenters. The van der Waals surface area contributed by atoms with Gasteiger partial charge in [-0.05, 0) is 25.0 Å². The summed E-state index contributed by atoms with van der Waals surface area (Å²) in [7, 11) is 0. The van der Waals surface area contributed by atoms with Crippen LogP contribution >= 0.6 is 0 Å². The van der Waals surface area contributed by atoms with Crippen molar-refractivity contribution in [3.63, 3.8) is 0 Å². The van der Waals surface area contributed by atoms with Crippen LogP contribution in [0.15, 0.2) is 24.3 Å². The molecule has 0 N–H and O–H groups in total. The molecule has 0 aliphatic heterocycles. The topological polar surface area (TPSA) is 20.3 Å². The van der Waals surface area contributed by atoms with Gasteiger partial charge in [-0.1, -0.05) is 25.1 Å². The average molecular weight is 191 g/mol. The largest absolute Gasteiger partial charge is 0.313 e. The second kappa shape index (κ2) is 4.80. The average Bonchev–Trinajstić information content (AvgIpc) is 2.19. The number of aryl methyl sites for hydroxylation is 1. The second-order valence-corrected chi connectivity index (χ2v) is 3.25. The van der Waals surface area contributed by atoms with Crippen molar-refractivity contribution in [3.05, 3.63) is 29.8 Å². The van der Waals surface area contributed by atoms with E-state index in [0.29, 0.717) is 0 Å². The van der Waals surface area contributed by atoms with Gasteiger partial charge in [0.05, 0.1) is 0 Å². The molecular weight excluding hydrogens is 174 g/mol. The lowest BCUT2D eigenvalue weighted by molar-refractivity contribution is -0.116. The highest BCUT2D eigenvalue weighted by Gasteiger charge is 2.11. The Kier molecular flexibility index (Phi) is 3.69. The number of hydrogen-bond acceptors (Lipinski definition) is 1. The lowest BCUT2D eigenvalue weighted by Crippen LogP contribution is -2.28. The molecule has 1 aromatic carbocycles. The van der Waals surface area contributed by atoms with Crippen molar-refractivity contribution in [2.45, 2.75) is 27.2 Å². The van der Waals surface area contributed by atoms with Crippen LogP contribution in [-0.4, -0.2) is 12.5 Å². The maximum absolute atomic E-state index is 11.4. The summed E-state index contributed by atoms with van der Waals surface area (Å²) >= 11 is 0. The number of rotatable bonds is 3. The monoisotopic (exact) mass is 191 g/mol. The Morgan fingerprint density at radius 2 is 1.93 bits per heavy atom. The standard InChI is InChI=1S/C12H17NO/c1-4-11-8-6-7-9-12(11)13(5-2)10(3)14/h6-9H,4-5H2,1-3H3. The first-order chi connectivity index (χ1) is 6.70. The van der Waals surface area contributed by atoms with E-state index in [2.05, 4.69) is 13.0 Å². The molecule has 76 valence electrons. The molecule has 0 saturated carbocycles. The molecule has 2 nitrogen and oxygen atoms in total. The minimum absolute atomic E-state index is 0.105. The molecule has 0 saturated heterocycles. The SMILES string of the molecule is CCc1ccccc1N(CC)C(C)=O. The van der Waals surface area contributed by atoms with E-state index in [1.807, 2.05) is 25.1 Å². The number of carbonyl (C=O) groups excluding carboxylic acids is 1. The first-order valence-corrected chi connectivity index (χ1v) is 5.06. The van der Waals surface area contributed by atoms with Crippen molar-refractivity contribution in [1.29, 1.82) is 0 Å². The Bertz CT molecular complexity index is 320. The highest BCUT2D eigenvalue weighted by atomic mass is 16.2. The zero-order valence-corrected chi connectivity index (χ0v) is 9.08. The highest BCUT2D eigenvalue weighted by Crippen LogP contribution is 2.20. The predicted octanol–water partition coefficient (Wildman–Crippen LogP) is 2.62. The fraction of sp³-hybridized carbons (Fsp3) is 0.417. The number of benzene rings is 1. The van der Waals surface area contributed by atoms with Crippen molar-refractivity contribution in [1.82, 2.24) is 0 Å². The molecular formula is C12H17NO. The lowest BCUT2D eigenvalue weighted by Gasteiger charge is -2.21. The third-order valence-corrected chi connectivity index (χ3v) is 2.36. The van der Waals surface area contributed by atoms with Crippen LogP contribution < -0.4 is 4.90 Å². The maximum Gasteiger partial charge on any atom is 0.223 e. The molecule has 1 rings (SSSR count). The van der Waals surface area contributed by atoms with Gasteiger partial charge in [0.15, 0.2) is 0 Å². The van der Waals surface area contributed by atoms with Gasteiger partial charge in [0.2, 0.25) is 5.91 Å². The molecule has 0 radical (unpaired) electrons.